The molecule has 0 aromatic rings. The van der Waals surface area contributed by atoms with Gasteiger partial charge in [-0.2, -0.15) is 0 Å². The highest BCUT2D eigenvalue weighted by atomic mass is 16.5. The maximum atomic E-state index is 10.6. The Kier molecular flexibility index (Phi) is 2.98. The second-order valence-corrected chi connectivity index (χ2v) is 2.44. The van der Waals surface area contributed by atoms with Gasteiger partial charge in [0.2, 0.25) is 0 Å². The Labute approximate surface area is 65.8 Å². The molecule has 0 aromatic carbocycles. The van der Waals surface area contributed by atoms with E-state index in [-0.39, 0.29) is 5.91 Å². The number of carbonyl (C=O) groups excluding carboxylic acids is 1. The van der Waals surface area contributed by atoms with E-state index in [1.165, 1.54) is 6.08 Å². The Morgan fingerprint density at radius 2 is 2.55 bits per heavy atom. The van der Waals surface area contributed by atoms with Gasteiger partial charge < -0.3 is 4.74 Å². The molecule has 1 fully saturated rings. The lowest BCUT2D eigenvalue weighted by atomic mass is 10.1. The largest absolute Gasteiger partial charge is 0.381 e. The summed E-state index contributed by atoms with van der Waals surface area (Å²) in [4.78, 5) is 14.3. The highest BCUT2D eigenvalue weighted by Gasteiger charge is 2.12. The number of hydrogen-bond donors (Lipinski definition) is 0. The lowest BCUT2D eigenvalue weighted by molar-refractivity contribution is -0.113. The predicted octanol–water partition coefficient (Wildman–Crippen LogP) is 0.806. The molecule has 1 saturated heterocycles. The van der Waals surface area contributed by atoms with Gasteiger partial charge in [0.25, 0.3) is 5.91 Å². The van der Waals surface area contributed by atoms with Gasteiger partial charge in [-0.25, -0.2) is 4.99 Å². The fourth-order valence-corrected chi connectivity index (χ4v) is 0.902. The first kappa shape index (κ1) is 8.14. The highest BCUT2D eigenvalue weighted by Crippen LogP contribution is 2.09. The van der Waals surface area contributed by atoms with Gasteiger partial charge in [-0.1, -0.05) is 6.58 Å². The Hall–Kier alpha value is -0.960. The van der Waals surface area contributed by atoms with Gasteiger partial charge in [-0.3, -0.25) is 4.79 Å². The Morgan fingerprint density at radius 3 is 3.09 bits per heavy atom. The van der Waals surface area contributed by atoms with Crippen molar-refractivity contribution >= 4 is 12.1 Å². The molecule has 3 nitrogen and oxygen atoms in total. The minimum Gasteiger partial charge on any atom is -0.381 e. The number of hydrogen-bond acceptors (Lipinski definition) is 2. The summed E-state index contributed by atoms with van der Waals surface area (Å²) in [6.07, 6.45) is 3.82. The topological polar surface area (TPSA) is 38.7 Å². The average molecular weight is 153 g/mol. The molecule has 0 bridgehead atoms. The first-order valence-corrected chi connectivity index (χ1v) is 3.61. The molecule has 1 rings (SSSR count). The first-order valence-electron chi connectivity index (χ1n) is 3.61. The maximum Gasteiger partial charge on any atom is 0.268 e. The summed E-state index contributed by atoms with van der Waals surface area (Å²) in [7, 11) is 0. The molecule has 60 valence electrons. The summed E-state index contributed by atoms with van der Waals surface area (Å²) in [5.41, 5.74) is 0. The van der Waals surface area contributed by atoms with E-state index in [4.69, 9.17) is 4.74 Å². The summed E-state index contributed by atoms with van der Waals surface area (Å²) in [6.45, 7) is 4.78. The Bertz CT molecular complexity index is 181. The van der Waals surface area contributed by atoms with Gasteiger partial charge in [-0.05, 0) is 12.5 Å². The van der Waals surface area contributed by atoms with E-state index in [0.717, 1.165) is 13.0 Å². The Balaban J connectivity index is 2.33. The fourth-order valence-electron chi connectivity index (χ4n) is 0.902. The molecule has 1 heterocycles. The third-order valence-corrected chi connectivity index (χ3v) is 1.55. The van der Waals surface area contributed by atoms with E-state index >= 15 is 0 Å². The van der Waals surface area contributed by atoms with Crippen LogP contribution in [0, 0.1) is 5.92 Å². The number of ether oxygens (including phenoxy) is 1. The third kappa shape index (κ3) is 2.63. The molecule has 1 aliphatic heterocycles. The third-order valence-electron chi connectivity index (χ3n) is 1.55. The molecule has 3 heteroatoms. The molecule has 1 unspecified atom stereocenters. The minimum absolute atomic E-state index is 0.281. The van der Waals surface area contributed by atoms with Crippen molar-refractivity contribution in [3.63, 3.8) is 0 Å². The number of carbonyl (C=O) groups is 1. The van der Waals surface area contributed by atoms with Crippen LogP contribution >= 0.6 is 0 Å². The van der Waals surface area contributed by atoms with Crippen LogP contribution in [-0.2, 0) is 9.53 Å². The SMILES string of the molecule is C=CC(=O)N=CC1CCOC1. The summed E-state index contributed by atoms with van der Waals surface area (Å²) < 4.78 is 5.09. The maximum absolute atomic E-state index is 10.6. The van der Waals surface area contributed by atoms with E-state index in [1.54, 1.807) is 6.21 Å². The first-order chi connectivity index (χ1) is 5.33. The van der Waals surface area contributed by atoms with Gasteiger partial charge >= 0.3 is 0 Å². The van der Waals surface area contributed by atoms with Crippen LogP contribution < -0.4 is 0 Å². The molecular weight excluding hydrogens is 142 g/mol. The van der Waals surface area contributed by atoms with Crippen molar-refractivity contribution in [2.45, 2.75) is 6.42 Å². The smallest absolute Gasteiger partial charge is 0.268 e. The summed E-state index contributed by atoms with van der Waals surface area (Å²) in [6, 6.07) is 0. The number of amides is 1. The minimum atomic E-state index is -0.281. The van der Waals surface area contributed by atoms with Gasteiger partial charge in [0.15, 0.2) is 0 Å². The zero-order valence-corrected chi connectivity index (χ0v) is 6.32. The summed E-state index contributed by atoms with van der Waals surface area (Å²) >= 11 is 0. The van der Waals surface area contributed by atoms with Crippen molar-refractivity contribution in [3.8, 4) is 0 Å². The number of rotatable bonds is 2. The molecule has 11 heavy (non-hydrogen) atoms. The summed E-state index contributed by atoms with van der Waals surface area (Å²) in [5.74, 6) is 0.0378. The molecule has 1 amide bonds. The van der Waals surface area contributed by atoms with Crippen LogP contribution in [0.2, 0.25) is 0 Å². The van der Waals surface area contributed by atoms with Crippen molar-refractivity contribution in [3.05, 3.63) is 12.7 Å². The second kappa shape index (κ2) is 4.03. The van der Waals surface area contributed by atoms with Crippen molar-refractivity contribution in [1.29, 1.82) is 0 Å². The van der Waals surface area contributed by atoms with Crippen LogP contribution in [-0.4, -0.2) is 25.3 Å². The zero-order valence-electron chi connectivity index (χ0n) is 6.32. The van der Waals surface area contributed by atoms with Gasteiger partial charge in [0.1, 0.15) is 0 Å². The van der Waals surface area contributed by atoms with Crippen molar-refractivity contribution in [2.75, 3.05) is 13.2 Å². The normalized spacial score (nSPS) is 24.2. The van der Waals surface area contributed by atoms with Crippen molar-refractivity contribution in [1.82, 2.24) is 0 Å². The number of nitrogens with zero attached hydrogens (tertiary/aromatic N) is 1. The number of aliphatic imine (C=N–C) groups is 1. The van der Waals surface area contributed by atoms with Crippen LogP contribution in [0.5, 0.6) is 0 Å². The van der Waals surface area contributed by atoms with Crippen LogP contribution in [0.4, 0.5) is 0 Å². The molecule has 0 aromatic heterocycles. The highest BCUT2D eigenvalue weighted by molar-refractivity contribution is 5.93. The quantitative estimate of drug-likeness (QED) is 0.435. The van der Waals surface area contributed by atoms with E-state index < -0.39 is 0 Å². The van der Waals surface area contributed by atoms with Crippen LogP contribution in [0.15, 0.2) is 17.6 Å². The molecular formula is C8H11NO2. The summed E-state index contributed by atoms with van der Waals surface area (Å²) in [5, 5.41) is 0. The van der Waals surface area contributed by atoms with Crippen LogP contribution in [0.3, 0.4) is 0 Å². The van der Waals surface area contributed by atoms with Crippen molar-refractivity contribution in [2.24, 2.45) is 10.9 Å². The fraction of sp³-hybridized carbons (Fsp3) is 0.500. The molecule has 0 spiro atoms. The van der Waals surface area contributed by atoms with Gasteiger partial charge in [0.05, 0.1) is 6.61 Å². The monoisotopic (exact) mass is 153 g/mol. The predicted molar refractivity (Wildman–Crippen MR) is 42.6 cm³/mol. The second-order valence-electron chi connectivity index (χ2n) is 2.44. The van der Waals surface area contributed by atoms with E-state index in [2.05, 4.69) is 11.6 Å². The zero-order chi connectivity index (χ0) is 8.10. The average Bonchev–Trinajstić information content (AvgIpc) is 2.52. The van der Waals surface area contributed by atoms with Gasteiger partial charge in [-0.15, -0.1) is 0 Å². The molecule has 0 radical (unpaired) electrons. The van der Waals surface area contributed by atoms with E-state index in [9.17, 15) is 4.79 Å². The lowest BCUT2D eigenvalue weighted by Crippen LogP contribution is -2.01. The van der Waals surface area contributed by atoms with Crippen LogP contribution in [0.1, 0.15) is 6.42 Å². The standard InChI is InChI=1S/C8H11NO2/c1-2-8(10)9-5-7-3-4-11-6-7/h2,5,7H,1,3-4,6H2. The molecule has 1 atom stereocenters. The molecule has 0 N–H and O–H groups in total. The Morgan fingerprint density at radius 1 is 1.73 bits per heavy atom. The van der Waals surface area contributed by atoms with Crippen molar-refractivity contribution < 1.29 is 9.53 Å². The molecule has 0 aliphatic carbocycles. The van der Waals surface area contributed by atoms with E-state index in [1.807, 2.05) is 0 Å². The molecule has 1 aliphatic rings. The van der Waals surface area contributed by atoms with E-state index in [0.29, 0.717) is 12.5 Å². The van der Waals surface area contributed by atoms with Crippen LogP contribution in [0.25, 0.3) is 0 Å². The molecule has 0 saturated carbocycles. The lowest BCUT2D eigenvalue weighted by Gasteiger charge is -1.94. The van der Waals surface area contributed by atoms with Gasteiger partial charge in [0, 0.05) is 18.7 Å².